The van der Waals surface area contributed by atoms with Crippen molar-refractivity contribution in [2.75, 3.05) is 11.9 Å². The maximum absolute atomic E-state index is 12.1. The third-order valence-electron chi connectivity index (χ3n) is 3.47. The van der Waals surface area contributed by atoms with Crippen LogP contribution in [0.3, 0.4) is 0 Å². The summed E-state index contributed by atoms with van der Waals surface area (Å²) in [5.41, 5.74) is 1.69. The van der Waals surface area contributed by atoms with Crippen molar-refractivity contribution in [2.24, 2.45) is 0 Å². The van der Waals surface area contributed by atoms with Crippen LogP contribution in [-0.2, 0) is 9.53 Å². The maximum atomic E-state index is 12.1. The van der Waals surface area contributed by atoms with E-state index in [-0.39, 0.29) is 23.3 Å². The lowest BCUT2D eigenvalue weighted by atomic mass is 10.1. The molecule has 1 amide bonds. The lowest BCUT2D eigenvalue weighted by Crippen LogP contribution is -2.15. The van der Waals surface area contributed by atoms with Crippen LogP contribution in [0, 0.1) is 6.92 Å². The molecule has 1 N–H and O–H groups in total. The number of ketones is 1. The van der Waals surface area contributed by atoms with Crippen molar-refractivity contribution in [3.05, 3.63) is 53.6 Å². The highest BCUT2D eigenvalue weighted by atomic mass is 16.5. The summed E-state index contributed by atoms with van der Waals surface area (Å²) in [6.45, 7) is 2.75. The summed E-state index contributed by atoms with van der Waals surface area (Å²) in [7, 11) is 0. The molecule has 9 heteroatoms. The fraction of sp³-hybridized carbons (Fsp3) is 0.176. The van der Waals surface area contributed by atoms with Gasteiger partial charge >= 0.3 is 5.97 Å². The number of aryl methyl sites for hydroxylation is 1. The molecule has 3 aromatic rings. The van der Waals surface area contributed by atoms with Gasteiger partial charge in [0.25, 0.3) is 11.6 Å². The van der Waals surface area contributed by atoms with Crippen molar-refractivity contribution >= 4 is 29.1 Å². The fourth-order valence-corrected chi connectivity index (χ4v) is 2.21. The van der Waals surface area contributed by atoms with E-state index < -0.39 is 12.6 Å². The molecule has 2 aromatic heterocycles. The fourth-order valence-electron chi connectivity index (χ4n) is 2.21. The van der Waals surface area contributed by atoms with Gasteiger partial charge < -0.3 is 10.1 Å². The van der Waals surface area contributed by atoms with E-state index in [9.17, 15) is 14.4 Å². The quantitative estimate of drug-likeness (QED) is 0.545. The minimum absolute atomic E-state index is 0.166. The van der Waals surface area contributed by atoms with Crippen LogP contribution in [0.15, 0.2) is 36.5 Å². The van der Waals surface area contributed by atoms with Gasteiger partial charge in [-0.3, -0.25) is 9.59 Å². The normalized spacial score (nSPS) is 10.5. The average Bonchev–Trinajstić information content (AvgIpc) is 3.05. The number of Topliss-reactive ketones (excluding diaryl/α,β-unsaturated/α-hetero) is 1. The molecule has 0 aliphatic heterocycles. The average molecular weight is 353 g/mol. The van der Waals surface area contributed by atoms with Crippen LogP contribution >= 0.6 is 0 Å². The summed E-state index contributed by atoms with van der Waals surface area (Å²) in [5.74, 6) is -1.29. The third-order valence-corrected chi connectivity index (χ3v) is 3.47. The Bertz CT molecular complexity index is 994. The van der Waals surface area contributed by atoms with E-state index in [1.165, 1.54) is 23.6 Å². The summed E-state index contributed by atoms with van der Waals surface area (Å²) in [4.78, 5) is 43.1. The summed E-state index contributed by atoms with van der Waals surface area (Å²) < 4.78 is 6.40. The van der Waals surface area contributed by atoms with Gasteiger partial charge in [0.15, 0.2) is 12.4 Å². The molecule has 0 radical (unpaired) electrons. The molecule has 0 spiro atoms. The minimum Gasteiger partial charge on any atom is -0.451 e. The predicted octanol–water partition coefficient (Wildman–Crippen LogP) is 1.43. The second-order valence-corrected chi connectivity index (χ2v) is 5.49. The highest BCUT2D eigenvalue weighted by Gasteiger charge is 2.17. The Kier molecular flexibility index (Phi) is 4.70. The smallest absolute Gasteiger partial charge is 0.378 e. The van der Waals surface area contributed by atoms with Gasteiger partial charge in [0, 0.05) is 30.1 Å². The van der Waals surface area contributed by atoms with Gasteiger partial charge in [0.2, 0.25) is 5.91 Å². The Morgan fingerprint density at radius 1 is 1.15 bits per heavy atom. The van der Waals surface area contributed by atoms with Crippen LogP contribution in [0.5, 0.6) is 0 Å². The van der Waals surface area contributed by atoms with Crippen LogP contribution in [0.4, 0.5) is 5.69 Å². The molecular weight excluding hydrogens is 338 g/mol. The van der Waals surface area contributed by atoms with E-state index in [2.05, 4.69) is 20.4 Å². The molecule has 0 aliphatic rings. The second-order valence-electron chi connectivity index (χ2n) is 5.49. The number of fused-ring (bicyclic) bond motifs is 1. The van der Waals surface area contributed by atoms with Gasteiger partial charge in [0.1, 0.15) is 0 Å². The molecule has 3 rings (SSSR count). The van der Waals surface area contributed by atoms with Crippen molar-refractivity contribution in [1.29, 1.82) is 0 Å². The molecule has 0 bridgehead atoms. The van der Waals surface area contributed by atoms with Crippen molar-refractivity contribution in [2.45, 2.75) is 13.8 Å². The van der Waals surface area contributed by atoms with Crippen molar-refractivity contribution in [3.8, 4) is 0 Å². The zero-order chi connectivity index (χ0) is 18.7. The van der Waals surface area contributed by atoms with E-state index in [0.29, 0.717) is 11.3 Å². The first-order valence-electron chi connectivity index (χ1n) is 7.70. The van der Waals surface area contributed by atoms with Gasteiger partial charge in [-0.25, -0.2) is 14.3 Å². The topological polar surface area (TPSA) is 116 Å². The third kappa shape index (κ3) is 3.72. The monoisotopic (exact) mass is 353 g/mol. The first kappa shape index (κ1) is 17.2. The molecule has 0 saturated carbocycles. The molecule has 1 aromatic carbocycles. The number of ether oxygens (including phenoxy) is 1. The predicted molar refractivity (Wildman–Crippen MR) is 90.9 cm³/mol. The minimum atomic E-state index is -0.807. The zero-order valence-corrected chi connectivity index (χ0v) is 14.1. The molecule has 132 valence electrons. The standard InChI is InChI=1S/C17H15N5O4/c1-10-7-8-18-17-20-15(21-22(10)17)16(25)26-9-14(24)12-3-5-13(6-4-12)19-11(2)23/h3-8H,9H2,1-2H3,(H,19,23). The van der Waals surface area contributed by atoms with Crippen LogP contribution in [0.1, 0.15) is 33.6 Å². The van der Waals surface area contributed by atoms with Gasteiger partial charge in [0.05, 0.1) is 0 Å². The number of hydrogen-bond acceptors (Lipinski definition) is 7. The van der Waals surface area contributed by atoms with E-state index in [1.807, 2.05) is 0 Å². The number of esters is 1. The van der Waals surface area contributed by atoms with E-state index >= 15 is 0 Å². The molecule has 0 atom stereocenters. The number of hydrogen-bond donors (Lipinski definition) is 1. The summed E-state index contributed by atoms with van der Waals surface area (Å²) in [6, 6.07) is 7.99. The molecule has 0 unspecified atom stereocenters. The van der Waals surface area contributed by atoms with E-state index in [0.717, 1.165) is 5.69 Å². The number of carbonyl (C=O) groups is 3. The highest BCUT2D eigenvalue weighted by Crippen LogP contribution is 2.10. The van der Waals surface area contributed by atoms with E-state index in [1.54, 1.807) is 31.3 Å². The van der Waals surface area contributed by atoms with Crippen LogP contribution < -0.4 is 5.32 Å². The number of amides is 1. The van der Waals surface area contributed by atoms with Gasteiger partial charge in [-0.15, -0.1) is 5.10 Å². The van der Waals surface area contributed by atoms with Gasteiger partial charge in [-0.1, -0.05) is 0 Å². The first-order valence-corrected chi connectivity index (χ1v) is 7.70. The Balaban J connectivity index is 1.63. The molecule has 0 saturated heterocycles. The molecule has 26 heavy (non-hydrogen) atoms. The molecule has 2 heterocycles. The number of aromatic nitrogens is 4. The number of rotatable bonds is 5. The Morgan fingerprint density at radius 2 is 1.88 bits per heavy atom. The number of carbonyl (C=O) groups excluding carboxylic acids is 3. The van der Waals surface area contributed by atoms with Crippen molar-refractivity contribution < 1.29 is 19.1 Å². The van der Waals surface area contributed by atoms with E-state index in [4.69, 9.17) is 4.74 Å². The SMILES string of the molecule is CC(=O)Nc1ccc(C(=O)COC(=O)c2nc3nccc(C)n3n2)cc1. The van der Waals surface area contributed by atoms with Crippen molar-refractivity contribution in [1.82, 2.24) is 19.6 Å². The molecule has 0 fully saturated rings. The van der Waals surface area contributed by atoms with Crippen molar-refractivity contribution in [3.63, 3.8) is 0 Å². The molecule has 9 nitrogen and oxygen atoms in total. The lowest BCUT2D eigenvalue weighted by Gasteiger charge is -2.04. The Morgan fingerprint density at radius 3 is 2.54 bits per heavy atom. The summed E-state index contributed by atoms with van der Waals surface area (Å²) >= 11 is 0. The second kappa shape index (κ2) is 7.09. The summed E-state index contributed by atoms with van der Waals surface area (Å²) in [6.07, 6.45) is 1.56. The highest BCUT2D eigenvalue weighted by molar-refractivity contribution is 5.99. The number of benzene rings is 1. The van der Waals surface area contributed by atoms with Crippen LogP contribution in [0.2, 0.25) is 0 Å². The Labute approximate surface area is 148 Å². The van der Waals surface area contributed by atoms with Gasteiger partial charge in [-0.2, -0.15) is 4.98 Å². The summed E-state index contributed by atoms with van der Waals surface area (Å²) in [5, 5.41) is 6.62. The number of nitrogens with one attached hydrogen (secondary N) is 1. The first-order chi connectivity index (χ1) is 12.4. The maximum Gasteiger partial charge on any atom is 0.378 e. The number of nitrogens with zero attached hydrogens (tertiary/aromatic N) is 4. The van der Waals surface area contributed by atoms with Crippen LogP contribution in [-0.4, -0.2) is 43.8 Å². The lowest BCUT2D eigenvalue weighted by molar-refractivity contribution is -0.114. The Hall–Kier alpha value is -3.62. The van der Waals surface area contributed by atoms with Gasteiger partial charge in [-0.05, 0) is 37.3 Å². The number of anilines is 1. The molecular formula is C17H15N5O4. The van der Waals surface area contributed by atoms with Crippen LogP contribution in [0.25, 0.3) is 5.78 Å². The molecule has 0 aliphatic carbocycles. The largest absolute Gasteiger partial charge is 0.451 e. The zero-order valence-electron chi connectivity index (χ0n) is 14.1.